The van der Waals surface area contributed by atoms with Gasteiger partial charge in [-0.3, -0.25) is 19.6 Å². The van der Waals surface area contributed by atoms with E-state index in [-0.39, 0.29) is 31.6 Å². The molecule has 9 heteroatoms. The maximum atomic E-state index is 13.3. The number of hydrazone groups is 1. The van der Waals surface area contributed by atoms with Crippen LogP contribution in [0.3, 0.4) is 0 Å². The fourth-order valence-electron chi connectivity index (χ4n) is 4.10. The summed E-state index contributed by atoms with van der Waals surface area (Å²) in [5, 5.41) is 15.3. The smallest absolute Gasteiger partial charge is 0.248 e. The van der Waals surface area contributed by atoms with Crippen LogP contribution in [0.25, 0.3) is 0 Å². The molecule has 2 heterocycles. The summed E-state index contributed by atoms with van der Waals surface area (Å²) in [6.07, 6.45) is 6.68. The van der Waals surface area contributed by atoms with Crippen LogP contribution in [-0.2, 0) is 20.8 Å². The summed E-state index contributed by atoms with van der Waals surface area (Å²) in [7, 11) is 0. The lowest BCUT2D eigenvalue weighted by molar-refractivity contribution is -0.158. The van der Waals surface area contributed by atoms with E-state index in [1.165, 1.54) is 18.3 Å². The van der Waals surface area contributed by atoms with Crippen LogP contribution in [0.4, 0.5) is 4.39 Å². The van der Waals surface area contributed by atoms with Crippen LogP contribution in [0.1, 0.15) is 44.2 Å². The van der Waals surface area contributed by atoms with Crippen LogP contribution in [0.5, 0.6) is 0 Å². The van der Waals surface area contributed by atoms with Gasteiger partial charge in [-0.1, -0.05) is 31.7 Å². The highest BCUT2D eigenvalue weighted by Crippen LogP contribution is 2.32. The molecule has 1 aromatic rings. The molecule has 0 unspecified atom stereocenters. The number of carbonyl (C=O) groups excluding carboxylic acids is 3. The minimum atomic E-state index is -0.790. The van der Waals surface area contributed by atoms with Gasteiger partial charge in [-0.05, 0) is 24.5 Å². The minimum absolute atomic E-state index is 0.108. The van der Waals surface area contributed by atoms with Crippen LogP contribution >= 0.6 is 0 Å². The highest BCUT2D eigenvalue weighted by atomic mass is 19.1. The van der Waals surface area contributed by atoms with Crippen molar-refractivity contribution in [2.75, 3.05) is 6.54 Å². The fourth-order valence-corrected chi connectivity index (χ4v) is 4.10. The van der Waals surface area contributed by atoms with Crippen LogP contribution < -0.4 is 0 Å². The zero-order chi connectivity index (χ0) is 20.8. The molecule has 1 saturated carbocycles. The maximum Gasteiger partial charge on any atom is 0.248 e. The topological polar surface area (TPSA) is 103 Å². The number of hydroxylamine groups is 2. The first-order valence-electron chi connectivity index (χ1n) is 9.88. The highest BCUT2D eigenvalue weighted by Gasteiger charge is 2.37. The van der Waals surface area contributed by atoms with E-state index >= 15 is 0 Å². The molecule has 3 rings (SSSR count). The van der Waals surface area contributed by atoms with E-state index in [0.29, 0.717) is 23.1 Å². The molecule has 8 nitrogen and oxygen atoms in total. The Morgan fingerprint density at radius 3 is 2.79 bits per heavy atom. The monoisotopic (exact) mass is 404 g/mol. The molecule has 0 radical (unpaired) electrons. The number of pyridine rings is 1. The molecule has 0 spiro atoms. The van der Waals surface area contributed by atoms with Gasteiger partial charge in [0.1, 0.15) is 6.04 Å². The normalized spacial score (nSPS) is 20.1. The molecule has 2 atom stereocenters. The lowest BCUT2D eigenvalue weighted by Crippen LogP contribution is -2.45. The van der Waals surface area contributed by atoms with Crippen molar-refractivity contribution in [3.05, 3.63) is 29.8 Å². The van der Waals surface area contributed by atoms with Gasteiger partial charge in [-0.25, -0.2) is 15.1 Å². The van der Waals surface area contributed by atoms with Gasteiger partial charge in [-0.15, -0.1) is 0 Å². The predicted octanol–water partition coefficient (Wildman–Crippen LogP) is 1.96. The number of ketones is 1. The number of rotatable bonds is 9. The van der Waals surface area contributed by atoms with Crippen LogP contribution in [0.2, 0.25) is 0 Å². The van der Waals surface area contributed by atoms with E-state index in [0.717, 1.165) is 30.7 Å². The van der Waals surface area contributed by atoms with Crippen molar-refractivity contribution in [3.63, 3.8) is 0 Å². The number of hydrogen-bond donors (Lipinski definition) is 1. The first kappa shape index (κ1) is 21.0. The lowest BCUT2D eigenvalue weighted by atomic mass is 9.91. The Morgan fingerprint density at radius 2 is 2.10 bits per heavy atom. The van der Waals surface area contributed by atoms with E-state index in [1.54, 1.807) is 6.07 Å². The van der Waals surface area contributed by atoms with Crippen molar-refractivity contribution in [2.45, 2.75) is 51.0 Å². The van der Waals surface area contributed by atoms with Crippen molar-refractivity contribution in [1.29, 1.82) is 0 Å². The average molecular weight is 404 g/mol. The third-order valence-electron chi connectivity index (χ3n) is 5.53. The Labute approximate surface area is 168 Å². The molecule has 2 aliphatic rings. The lowest BCUT2D eigenvalue weighted by Gasteiger charge is -2.28. The largest absolute Gasteiger partial charge is 0.297 e. The zero-order valence-corrected chi connectivity index (χ0v) is 16.1. The van der Waals surface area contributed by atoms with Gasteiger partial charge in [0, 0.05) is 12.6 Å². The molecule has 29 heavy (non-hydrogen) atoms. The summed E-state index contributed by atoms with van der Waals surface area (Å²) in [6, 6.07) is 3.44. The molecule has 0 bridgehead atoms. The van der Waals surface area contributed by atoms with E-state index < -0.39 is 23.8 Å². The molecular formula is C20H25FN4O4. The van der Waals surface area contributed by atoms with Crippen LogP contribution in [0, 0.1) is 17.8 Å². The van der Waals surface area contributed by atoms with Gasteiger partial charge in [-0.2, -0.15) is 9.49 Å². The molecule has 1 N–H and O–H groups in total. The second-order valence-electron chi connectivity index (χ2n) is 7.64. The summed E-state index contributed by atoms with van der Waals surface area (Å²) in [6.45, 7) is -0.142. The number of aromatic nitrogens is 1. The average Bonchev–Trinajstić information content (AvgIpc) is 3.38. The molecular weight excluding hydrogens is 379 g/mol. The highest BCUT2D eigenvalue weighted by molar-refractivity contribution is 5.94. The van der Waals surface area contributed by atoms with Gasteiger partial charge < -0.3 is 0 Å². The van der Waals surface area contributed by atoms with Gasteiger partial charge in [0.05, 0.1) is 24.6 Å². The SMILES string of the molecule is O=CN(O)C[C@@H](CC1CCCC1)C(=O)N1N=CC[C@H]1C(=O)Cc1cccc(F)n1. The van der Waals surface area contributed by atoms with Gasteiger partial charge in [0.2, 0.25) is 18.3 Å². The number of Topliss-reactive ketones (excluding diaryl/α,β-unsaturated/α-hetero) is 1. The molecule has 1 aliphatic heterocycles. The van der Waals surface area contributed by atoms with Gasteiger partial charge >= 0.3 is 0 Å². The van der Waals surface area contributed by atoms with Gasteiger partial charge in [0.15, 0.2) is 5.78 Å². The van der Waals surface area contributed by atoms with Crippen LogP contribution in [0.15, 0.2) is 23.3 Å². The van der Waals surface area contributed by atoms with E-state index in [4.69, 9.17) is 0 Å². The summed E-state index contributed by atoms with van der Waals surface area (Å²) in [4.78, 5) is 40.4. The maximum absolute atomic E-state index is 13.3. The van der Waals surface area contributed by atoms with Crippen LogP contribution in [-0.4, -0.2) is 57.2 Å². The molecule has 2 amide bonds. The molecule has 0 saturated heterocycles. The van der Waals surface area contributed by atoms with E-state index in [1.807, 2.05) is 0 Å². The number of carbonyl (C=O) groups is 3. The summed E-state index contributed by atoms with van der Waals surface area (Å²) in [5.74, 6) is -1.64. The van der Waals surface area contributed by atoms with E-state index in [9.17, 15) is 24.0 Å². The fraction of sp³-hybridized carbons (Fsp3) is 0.550. The standard InChI is InChI=1S/C20H25FN4O4/c21-19-7-3-6-16(23-19)11-18(27)17-8-9-22-25(17)20(28)15(12-24(29)13-26)10-14-4-1-2-5-14/h3,6-7,9,13-15,17,29H,1-2,4-5,8,10-12H2/t15-,17+/m1/s1. The summed E-state index contributed by atoms with van der Waals surface area (Å²) >= 11 is 0. The molecule has 0 aromatic carbocycles. The Kier molecular flexibility index (Phi) is 7.03. The zero-order valence-electron chi connectivity index (χ0n) is 16.1. The number of hydrogen-bond acceptors (Lipinski definition) is 6. The minimum Gasteiger partial charge on any atom is -0.297 e. The number of amides is 2. The third-order valence-corrected chi connectivity index (χ3v) is 5.53. The first-order chi connectivity index (χ1) is 14.0. The molecule has 1 aliphatic carbocycles. The van der Waals surface area contributed by atoms with Gasteiger partial charge in [0.25, 0.3) is 0 Å². The summed E-state index contributed by atoms with van der Waals surface area (Å²) in [5.41, 5.74) is 0.291. The number of halogens is 1. The Morgan fingerprint density at radius 1 is 1.34 bits per heavy atom. The predicted molar refractivity (Wildman–Crippen MR) is 101 cm³/mol. The Bertz CT molecular complexity index is 781. The van der Waals surface area contributed by atoms with Crippen molar-refractivity contribution >= 4 is 24.3 Å². The second-order valence-corrected chi connectivity index (χ2v) is 7.64. The number of nitrogens with zero attached hydrogens (tertiary/aromatic N) is 4. The summed E-state index contributed by atoms with van der Waals surface area (Å²) < 4.78 is 13.3. The van der Waals surface area contributed by atoms with Crippen molar-refractivity contribution in [1.82, 2.24) is 15.1 Å². The van der Waals surface area contributed by atoms with Crippen molar-refractivity contribution in [2.24, 2.45) is 16.9 Å². The Balaban J connectivity index is 1.70. The quantitative estimate of drug-likeness (QED) is 0.293. The second kappa shape index (κ2) is 9.69. The van der Waals surface area contributed by atoms with E-state index in [2.05, 4.69) is 10.1 Å². The third kappa shape index (κ3) is 5.44. The van der Waals surface area contributed by atoms with Crippen molar-refractivity contribution < 1.29 is 24.0 Å². The Hall–Kier alpha value is -2.68. The molecule has 1 fully saturated rings. The molecule has 156 valence electrons. The van der Waals surface area contributed by atoms with Crippen molar-refractivity contribution in [3.8, 4) is 0 Å². The first-order valence-corrected chi connectivity index (χ1v) is 9.88. The molecule has 1 aromatic heterocycles.